The Balaban J connectivity index is 1.56. The normalized spacial score (nSPS) is 10.5. The zero-order chi connectivity index (χ0) is 16.1. The predicted octanol–water partition coefficient (Wildman–Crippen LogP) is 3.51. The van der Waals surface area contributed by atoms with Crippen molar-refractivity contribution in [3.63, 3.8) is 0 Å². The SMILES string of the molecule is Cc1cccc(CC(=O)NCc2cc(-c3ccccc3)on2)c1. The molecule has 0 aliphatic rings. The van der Waals surface area contributed by atoms with Gasteiger partial charge in [-0.1, -0.05) is 65.3 Å². The van der Waals surface area contributed by atoms with Gasteiger partial charge in [0.05, 0.1) is 13.0 Å². The van der Waals surface area contributed by atoms with Crippen molar-refractivity contribution in [2.75, 3.05) is 0 Å². The van der Waals surface area contributed by atoms with Crippen molar-refractivity contribution in [1.29, 1.82) is 0 Å². The molecule has 116 valence electrons. The third kappa shape index (κ3) is 4.07. The lowest BCUT2D eigenvalue weighted by Crippen LogP contribution is -2.24. The second-order valence-electron chi connectivity index (χ2n) is 5.49. The van der Waals surface area contributed by atoms with E-state index >= 15 is 0 Å². The number of amides is 1. The minimum absolute atomic E-state index is 0.0279. The Hall–Kier alpha value is -2.88. The quantitative estimate of drug-likeness (QED) is 0.785. The number of carbonyl (C=O) groups excluding carboxylic acids is 1. The zero-order valence-corrected chi connectivity index (χ0v) is 13.0. The average molecular weight is 306 g/mol. The highest BCUT2D eigenvalue weighted by molar-refractivity contribution is 5.78. The van der Waals surface area contributed by atoms with Crippen LogP contribution in [0.25, 0.3) is 11.3 Å². The van der Waals surface area contributed by atoms with Crippen LogP contribution < -0.4 is 5.32 Å². The van der Waals surface area contributed by atoms with E-state index in [9.17, 15) is 4.79 Å². The summed E-state index contributed by atoms with van der Waals surface area (Å²) in [5.41, 5.74) is 3.84. The van der Waals surface area contributed by atoms with E-state index in [4.69, 9.17) is 4.52 Å². The third-order valence-electron chi connectivity index (χ3n) is 3.53. The summed E-state index contributed by atoms with van der Waals surface area (Å²) in [6, 6.07) is 19.6. The van der Waals surface area contributed by atoms with Crippen LogP contribution in [0.1, 0.15) is 16.8 Å². The summed E-state index contributed by atoms with van der Waals surface area (Å²) in [6.45, 7) is 2.38. The van der Waals surface area contributed by atoms with E-state index in [1.54, 1.807) is 0 Å². The third-order valence-corrected chi connectivity index (χ3v) is 3.53. The Bertz CT molecular complexity index is 794. The van der Waals surface area contributed by atoms with Crippen LogP contribution in [0.5, 0.6) is 0 Å². The van der Waals surface area contributed by atoms with Crippen LogP contribution in [0.15, 0.2) is 65.2 Å². The summed E-state index contributed by atoms with van der Waals surface area (Å²) in [7, 11) is 0. The molecule has 0 saturated heterocycles. The van der Waals surface area contributed by atoms with E-state index in [1.165, 1.54) is 0 Å². The largest absolute Gasteiger partial charge is 0.356 e. The van der Waals surface area contributed by atoms with Gasteiger partial charge in [-0.2, -0.15) is 0 Å². The van der Waals surface area contributed by atoms with E-state index in [0.717, 1.165) is 16.7 Å². The van der Waals surface area contributed by atoms with Crippen LogP contribution in [0.3, 0.4) is 0 Å². The van der Waals surface area contributed by atoms with Crippen molar-refractivity contribution in [2.24, 2.45) is 0 Å². The molecule has 4 nitrogen and oxygen atoms in total. The number of carbonyl (C=O) groups is 1. The standard InChI is InChI=1S/C19H18N2O2/c1-14-6-5-7-15(10-14)11-19(22)20-13-17-12-18(23-21-17)16-8-3-2-4-9-16/h2-10,12H,11,13H2,1H3,(H,20,22). The predicted molar refractivity (Wildman–Crippen MR) is 88.7 cm³/mol. The van der Waals surface area contributed by atoms with Crippen molar-refractivity contribution in [2.45, 2.75) is 19.9 Å². The minimum atomic E-state index is -0.0279. The van der Waals surface area contributed by atoms with Crippen molar-refractivity contribution in [3.8, 4) is 11.3 Å². The summed E-state index contributed by atoms with van der Waals surface area (Å²) in [4.78, 5) is 12.0. The van der Waals surface area contributed by atoms with Crippen LogP contribution in [0, 0.1) is 6.92 Å². The number of aryl methyl sites for hydroxylation is 1. The van der Waals surface area contributed by atoms with Gasteiger partial charge in [0.2, 0.25) is 5.91 Å². The first-order valence-electron chi connectivity index (χ1n) is 7.54. The molecule has 0 atom stereocenters. The van der Waals surface area contributed by atoms with Gasteiger partial charge < -0.3 is 9.84 Å². The Morgan fingerprint density at radius 3 is 2.70 bits per heavy atom. The fourth-order valence-corrected chi connectivity index (χ4v) is 2.39. The highest BCUT2D eigenvalue weighted by atomic mass is 16.5. The molecule has 0 bridgehead atoms. The Morgan fingerprint density at radius 1 is 1.09 bits per heavy atom. The number of nitrogens with one attached hydrogen (secondary N) is 1. The summed E-state index contributed by atoms with van der Waals surface area (Å²) in [5, 5.41) is 6.87. The van der Waals surface area contributed by atoms with Crippen molar-refractivity contribution < 1.29 is 9.32 Å². The molecule has 0 aliphatic carbocycles. The summed E-state index contributed by atoms with van der Waals surface area (Å²) >= 11 is 0. The average Bonchev–Trinajstić information content (AvgIpc) is 3.03. The van der Waals surface area contributed by atoms with E-state index in [0.29, 0.717) is 24.4 Å². The maximum Gasteiger partial charge on any atom is 0.224 e. The van der Waals surface area contributed by atoms with Crippen molar-refractivity contribution in [3.05, 3.63) is 77.5 Å². The molecule has 0 fully saturated rings. The van der Waals surface area contributed by atoms with Crippen LogP contribution in [-0.2, 0) is 17.8 Å². The number of benzene rings is 2. The molecule has 2 aromatic carbocycles. The minimum Gasteiger partial charge on any atom is -0.356 e. The molecule has 0 aliphatic heterocycles. The number of nitrogens with zero attached hydrogens (tertiary/aromatic N) is 1. The number of hydrogen-bond donors (Lipinski definition) is 1. The smallest absolute Gasteiger partial charge is 0.224 e. The summed E-state index contributed by atoms with van der Waals surface area (Å²) in [5.74, 6) is 0.674. The zero-order valence-electron chi connectivity index (χ0n) is 13.0. The first kappa shape index (κ1) is 15.0. The van der Waals surface area contributed by atoms with Gasteiger partial charge in [0, 0.05) is 11.6 Å². The second kappa shape index (κ2) is 6.92. The monoisotopic (exact) mass is 306 g/mol. The van der Waals surface area contributed by atoms with E-state index in [1.807, 2.05) is 67.6 Å². The first-order chi connectivity index (χ1) is 11.2. The highest BCUT2D eigenvalue weighted by Crippen LogP contribution is 2.19. The Kier molecular flexibility index (Phi) is 4.52. The Labute approximate surface area is 135 Å². The lowest BCUT2D eigenvalue weighted by atomic mass is 10.1. The first-order valence-corrected chi connectivity index (χ1v) is 7.54. The van der Waals surface area contributed by atoms with E-state index < -0.39 is 0 Å². The van der Waals surface area contributed by atoms with Gasteiger partial charge in [-0.3, -0.25) is 4.79 Å². The van der Waals surface area contributed by atoms with Crippen LogP contribution in [-0.4, -0.2) is 11.1 Å². The lowest BCUT2D eigenvalue weighted by Gasteiger charge is -2.04. The van der Waals surface area contributed by atoms with E-state index in [2.05, 4.69) is 10.5 Å². The molecular weight excluding hydrogens is 288 g/mol. The summed E-state index contributed by atoms with van der Waals surface area (Å²) in [6.07, 6.45) is 0.366. The fourth-order valence-electron chi connectivity index (χ4n) is 2.39. The molecule has 1 heterocycles. The lowest BCUT2D eigenvalue weighted by molar-refractivity contribution is -0.120. The molecule has 1 amide bonds. The molecule has 0 unspecified atom stereocenters. The number of rotatable bonds is 5. The van der Waals surface area contributed by atoms with Crippen LogP contribution >= 0.6 is 0 Å². The molecule has 1 N–H and O–H groups in total. The van der Waals surface area contributed by atoms with E-state index in [-0.39, 0.29) is 5.91 Å². The molecule has 3 rings (SSSR count). The summed E-state index contributed by atoms with van der Waals surface area (Å²) < 4.78 is 5.32. The topological polar surface area (TPSA) is 55.1 Å². The molecule has 0 spiro atoms. The molecule has 4 heteroatoms. The molecule has 3 aromatic rings. The fraction of sp³-hybridized carbons (Fsp3) is 0.158. The maximum atomic E-state index is 12.0. The van der Waals surface area contributed by atoms with Gasteiger partial charge in [-0.25, -0.2) is 0 Å². The van der Waals surface area contributed by atoms with Gasteiger partial charge in [0.1, 0.15) is 5.69 Å². The molecule has 0 radical (unpaired) electrons. The molecular formula is C19H18N2O2. The van der Waals surface area contributed by atoms with Crippen molar-refractivity contribution in [1.82, 2.24) is 10.5 Å². The highest BCUT2D eigenvalue weighted by Gasteiger charge is 2.08. The van der Waals surface area contributed by atoms with Gasteiger partial charge >= 0.3 is 0 Å². The Morgan fingerprint density at radius 2 is 1.91 bits per heavy atom. The van der Waals surface area contributed by atoms with Gasteiger partial charge in [0.25, 0.3) is 0 Å². The van der Waals surface area contributed by atoms with Gasteiger partial charge in [0.15, 0.2) is 5.76 Å². The van der Waals surface area contributed by atoms with Gasteiger partial charge in [-0.15, -0.1) is 0 Å². The molecule has 23 heavy (non-hydrogen) atoms. The second-order valence-corrected chi connectivity index (χ2v) is 5.49. The maximum absolute atomic E-state index is 12.0. The number of hydrogen-bond acceptors (Lipinski definition) is 3. The van der Waals surface area contributed by atoms with Crippen LogP contribution in [0.4, 0.5) is 0 Å². The number of aromatic nitrogens is 1. The van der Waals surface area contributed by atoms with Crippen LogP contribution in [0.2, 0.25) is 0 Å². The molecule has 0 saturated carbocycles. The van der Waals surface area contributed by atoms with Gasteiger partial charge in [-0.05, 0) is 12.5 Å². The van der Waals surface area contributed by atoms with Crippen molar-refractivity contribution >= 4 is 5.91 Å². The molecule has 1 aromatic heterocycles.